The molecular formula is C13H17ClN4O. The number of hydrogen-bond donors (Lipinski definition) is 2. The standard InChI is InChI=1S/C13H17ClN4O/c14-11-10(12(15)17-19)4-5-16-13(11)18-6-8-2-1-3-9(8)7-18/h4-5,8-9,19H,1-3,6-7H2,(H2,15,17). The molecule has 1 saturated carbocycles. The van der Waals surface area contributed by atoms with Crippen molar-refractivity contribution >= 4 is 23.3 Å². The summed E-state index contributed by atoms with van der Waals surface area (Å²) < 4.78 is 0. The van der Waals surface area contributed by atoms with E-state index in [1.54, 1.807) is 12.3 Å². The SMILES string of the molecule is N/C(=N/O)c1ccnc(N2CC3CCCC3C2)c1Cl. The highest BCUT2D eigenvalue weighted by Gasteiger charge is 2.37. The molecule has 2 unspecified atom stereocenters. The molecule has 19 heavy (non-hydrogen) atoms. The van der Waals surface area contributed by atoms with Crippen LogP contribution in [-0.4, -0.2) is 29.1 Å². The Morgan fingerprint density at radius 3 is 2.74 bits per heavy atom. The summed E-state index contributed by atoms with van der Waals surface area (Å²) in [7, 11) is 0. The molecule has 2 aliphatic rings. The molecule has 102 valence electrons. The molecule has 2 fully saturated rings. The van der Waals surface area contributed by atoms with E-state index in [0.29, 0.717) is 10.6 Å². The van der Waals surface area contributed by atoms with Crippen molar-refractivity contribution in [2.45, 2.75) is 19.3 Å². The van der Waals surface area contributed by atoms with Crippen LogP contribution in [0.5, 0.6) is 0 Å². The van der Waals surface area contributed by atoms with Gasteiger partial charge in [0, 0.05) is 24.8 Å². The first-order valence-electron chi connectivity index (χ1n) is 6.58. The summed E-state index contributed by atoms with van der Waals surface area (Å²) in [6.45, 7) is 2.02. The van der Waals surface area contributed by atoms with Crippen LogP contribution in [0, 0.1) is 11.8 Å². The van der Waals surface area contributed by atoms with Gasteiger partial charge in [-0.3, -0.25) is 0 Å². The topological polar surface area (TPSA) is 74.7 Å². The van der Waals surface area contributed by atoms with Crippen LogP contribution < -0.4 is 10.6 Å². The van der Waals surface area contributed by atoms with Gasteiger partial charge in [0.2, 0.25) is 0 Å². The molecule has 6 heteroatoms. The number of nitrogens with zero attached hydrogens (tertiary/aromatic N) is 3. The van der Waals surface area contributed by atoms with E-state index in [9.17, 15) is 0 Å². The smallest absolute Gasteiger partial charge is 0.171 e. The van der Waals surface area contributed by atoms with E-state index in [2.05, 4.69) is 15.0 Å². The van der Waals surface area contributed by atoms with Crippen LogP contribution in [-0.2, 0) is 0 Å². The largest absolute Gasteiger partial charge is 0.409 e. The van der Waals surface area contributed by atoms with Gasteiger partial charge in [-0.05, 0) is 30.7 Å². The van der Waals surface area contributed by atoms with Crippen molar-refractivity contribution in [3.8, 4) is 0 Å². The van der Waals surface area contributed by atoms with Crippen LogP contribution in [0.15, 0.2) is 17.4 Å². The van der Waals surface area contributed by atoms with Crippen molar-refractivity contribution in [2.75, 3.05) is 18.0 Å². The van der Waals surface area contributed by atoms with Gasteiger partial charge in [0.15, 0.2) is 5.84 Å². The number of rotatable bonds is 2. The zero-order valence-corrected chi connectivity index (χ0v) is 11.3. The Labute approximate surface area is 117 Å². The lowest BCUT2D eigenvalue weighted by atomic mass is 10.0. The molecule has 1 aromatic heterocycles. The van der Waals surface area contributed by atoms with E-state index in [1.165, 1.54) is 19.3 Å². The molecule has 3 N–H and O–H groups in total. The average molecular weight is 281 g/mol. The Hall–Kier alpha value is -1.49. The Balaban J connectivity index is 1.90. The summed E-state index contributed by atoms with van der Waals surface area (Å²) in [5.41, 5.74) is 6.16. The number of oxime groups is 1. The number of halogens is 1. The molecule has 0 bridgehead atoms. The fourth-order valence-electron chi connectivity index (χ4n) is 3.31. The van der Waals surface area contributed by atoms with Gasteiger partial charge in [0.05, 0.1) is 5.02 Å². The number of amidine groups is 1. The Morgan fingerprint density at radius 1 is 1.42 bits per heavy atom. The van der Waals surface area contributed by atoms with Gasteiger partial charge in [-0.25, -0.2) is 4.98 Å². The molecule has 1 saturated heterocycles. The predicted octanol–water partition coefficient (Wildman–Crippen LogP) is 2.07. The molecule has 1 aromatic rings. The van der Waals surface area contributed by atoms with E-state index >= 15 is 0 Å². The first-order chi connectivity index (χ1) is 9.20. The van der Waals surface area contributed by atoms with Gasteiger partial charge in [-0.1, -0.05) is 23.2 Å². The van der Waals surface area contributed by atoms with E-state index < -0.39 is 0 Å². The van der Waals surface area contributed by atoms with E-state index in [4.69, 9.17) is 22.5 Å². The van der Waals surface area contributed by atoms with E-state index in [0.717, 1.165) is 30.7 Å². The quantitative estimate of drug-likeness (QED) is 0.376. The number of nitrogens with two attached hydrogens (primary N) is 1. The zero-order valence-electron chi connectivity index (χ0n) is 10.6. The van der Waals surface area contributed by atoms with E-state index in [1.807, 2.05) is 0 Å². The molecule has 0 aromatic carbocycles. The first kappa shape index (κ1) is 12.5. The van der Waals surface area contributed by atoms with Gasteiger partial charge in [0.25, 0.3) is 0 Å². The molecule has 0 amide bonds. The second-order valence-corrected chi connectivity index (χ2v) is 5.72. The zero-order chi connectivity index (χ0) is 13.4. The van der Waals surface area contributed by atoms with E-state index in [-0.39, 0.29) is 5.84 Å². The summed E-state index contributed by atoms with van der Waals surface area (Å²) in [6, 6.07) is 1.66. The maximum Gasteiger partial charge on any atom is 0.171 e. The predicted molar refractivity (Wildman–Crippen MR) is 74.8 cm³/mol. The molecule has 0 spiro atoms. The van der Waals surface area contributed by atoms with Gasteiger partial charge in [-0.15, -0.1) is 0 Å². The first-order valence-corrected chi connectivity index (χ1v) is 6.96. The third-order valence-electron chi connectivity index (χ3n) is 4.28. The van der Waals surface area contributed by atoms with Crippen molar-refractivity contribution in [3.05, 3.63) is 22.8 Å². The lowest BCUT2D eigenvalue weighted by Gasteiger charge is -2.20. The van der Waals surface area contributed by atoms with Crippen molar-refractivity contribution < 1.29 is 5.21 Å². The minimum atomic E-state index is 0.0213. The monoisotopic (exact) mass is 280 g/mol. The van der Waals surface area contributed by atoms with Crippen LogP contribution in [0.4, 0.5) is 5.82 Å². The molecule has 1 aliphatic heterocycles. The van der Waals surface area contributed by atoms with Crippen molar-refractivity contribution in [2.24, 2.45) is 22.7 Å². The average Bonchev–Trinajstić information content (AvgIpc) is 2.99. The Bertz CT molecular complexity index is 507. The molecule has 5 nitrogen and oxygen atoms in total. The van der Waals surface area contributed by atoms with Crippen molar-refractivity contribution in [1.29, 1.82) is 0 Å². The van der Waals surface area contributed by atoms with Gasteiger partial charge in [-0.2, -0.15) is 0 Å². The number of aromatic nitrogens is 1. The maximum absolute atomic E-state index is 8.77. The number of fused-ring (bicyclic) bond motifs is 1. The molecule has 2 atom stereocenters. The molecular weight excluding hydrogens is 264 g/mol. The summed E-state index contributed by atoms with van der Waals surface area (Å²) >= 11 is 6.34. The summed E-state index contributed by atoms with van der Waals surface area (Å²) in [5.74, 6) is 2.31. The molecule has 1 aliphatic carbocycles. The second kappa shape index (κ2) is 4.89. The fraction of sp³-hybridized carbons (Fsp3) is 0.538. The Morgan fingerprint density at radius 2 is 2.11 bits per heavy atom. The van der Waals surface area contributed by atoms with Crippen LogP contribution in [0.2, 0.25) is 5.02 Å². The number of hydrogen-bond acceptors (Lipinski definition) is 4. The Kier molecular flexibility index (Phi) is 3.22. The minimum absolute atomic E-state index is 0.0213. The maximum atomic E-state index is 8.77. The second-order valence-electron chi connectivity index (χ2n) is 5.34. The highest BCUT2D eigenvalue weighted by molar-refractivity contribution is 6.36. The van der Waals surface area contributed by atoms with Gasteiger partial charge < -0.3 is 15.8 Å². The highest BCUT2D eigenvalue weighted by atomic mass is 35.5. The van der Waals surface area contributed by atoms with Gasteiger partial charge >= 0.3 is 0 Å². The van der Waals surface area contributed by atoms with Crippen LogP contribution >= 0.6 is 11.6 Å². The van der Waals surface area contributed by atoms with Crippen LogP contribution in [0.3, 0.4) is 0 Å². The normalized spacial score (nSPS) is 26.8. The van der Waals surface area contributed by atoms with Crippen LogP contribution in [0.25, 0.3) is 0 Å². The lowest BCUT2D eigenvalue weighted by molar-refractivity contribution is 0.318. The fourth-order valence-corrected chi connectivity index (χ4v) is 3.64. The number of pyridine rings is 1. The van der Waals surface area contributed by atoms with Gasteiger partial charge in [0.1, 0.15) is 5.82 Å². The summed E-state index contributed by atoms with van der Waals surface area (Å²) in [5, 5.41) is 12.2. The van der Waals surface area contributed by atoms with Crippen molar-refractivity contribution in [1.82, 2.24) is 4.98 Å². The molecule has 3 rings (SSSR count). The molecule has 2 heterocycles. The summed E-state index contributed by atoms with van der Waals surface area (Å²) in [4.78, 5) is 6.59. The molecule has 0 radical (unpaired) electrons. The third-order valence-corrected chi connectivity index (χ3v) is 4.65. The summed E-state index contributed by atoms with van der Waals surface area (Å²) in [6.07, 6.45) is 5.61. The van der Waals surface area contributed by atoms with Crippen molar-refractivity contribution in [3.63, 3.8) is 0 Å². The lowest BCUT2D eigenvalue weighted by Crippen LogP contribution is -2.23. The highest BCUT2D eigenvalue weighted by Crippen LogP contribution is 2.40. The minimum Gasteiger partial charge on any atom is -0.409 e. The number of anilines is 1. The third kappa shape index (κ3) is 2.12. The van der Waals surface area contributed by atoms with Crippen LogP contribution in [0.1, 0.15) is 24.8 Å².